The van der Waals surface area contributed by atoms with Crippen LogP contribution in [0.1, 0.15) is 35.2 Å². The Labute approximate surface area is 135 Å². The van der Waals surface area contributed by atoms with E-state index in [0.717, 1.165) is 11.4 Å². The number of carbonyl (C=O) groups excluding carboxylic acids is 1. The van der Waals surface area contributed by atoms with Gasteiger partial charge in [-0.05, 0) is 33.3 Å². The van der Waals surface area contributed by atoms with Crippen LogP contribution in [0.15, 0.2) is 12.1 Å². The molecule has 7 nitrogen and oxygen atoms in total. The molecular weight excluding hydrogens is 316 g/mol. The number of sulfone groups is 1. The molecule has 1 unspecified atom stereocenters. The number of carbonyl (C=O) groups is 1. The van der Waals surface area contributed by atoms with Crippen LogP contribution in [0.5, 0.6) is 0 Å². The zero-order valence-electron chi connectivity index (χ0n) is 13.5. The summed E-state index contributed by atoms with van der Waals surface area (Å²) >= 11 is 0. The van der Waals surface area contributed by atoms with Crippen LogP contribution in [0.4, 0.5) is 0 Å². The molecule has 1 amide bonds. The van der Waals surface area contributed by atoms with Gasteiger partial charge in [-0.15, -0.1) is 0 Å². The van der Waals surface area contributed by atoms with Crippen molar-refractivity contribution >= 4 is 21.4 Å². The lowest BCUT2D eigenvalue weighted by Gasteiger charge is -2.25. The van der Waals surface area contributed by atoms with Crippen LogP contribution in [0.25, 0.3) is 5.65 Å². The maximum absolute atomic E-state index is 12.8. The van der Waals surface area contributed by atoms with Crippen LogP contribution in [0.3, 0.4) is 0 Å². The van der Waals surface area contributed by atoms with E-state index in [2.05, 4.69) is 10.1 Å². The molecule has 1 aliphatic rings. The van der Waals surface area contributed by atoms with Gasteiger partial charge in [-0.2, -0.15) is 5.10 Å². The van der Waals surface area contributed by atoms with E-state index in [4.69, 9.17) is 0 Å². The van der Waals surface area contributed by atoms with Gasteiger partial charge in [0.2, 0.25) is 0 Å². The Balaban J connectivity index is 1.94. The van der Waals surface area contributed by atoms with Gasteiger partial charge in [0.05, 0.1) is 11.5 Å². The molecule has 8 heteroatoms. The first kappa shape index (κ1) is 15.9. The molecule has 3 rings (SSSR count). The predicted molar refractivity (Wildman–Crippen MR) is 86.2 cm³/mol. The summed E-state index contributed by atoms with van der Waals surface area (Å²) in [4.78, 5) is 18.8. The molecule has 0 spiro atoms. The summed E-state index contributed by atoms with van der Waals surface area (Å²) in [7, 11) is -3.04. The van der Waals surface area contributed by atoms with E-state index in [9.17, 15) is 13.2 Å². The van der Waals surface area contributed by atoms with Crippen molar-refractivity contribution in [2.45, 2.75) is 33.2 Å². The van der Waals surface area contributed by atoms with Gasteiger partial charge < -0.3 is 4.90 Å². The average molecular weight is 336 g/mol. The van der Waals surface area contributed by atoms with Crippen molar-refractivity contribution in [3.63, 3.8) is 0 Å². The molecule has 3 heterocycles. The van der Waals surface area contributed by atoms with Crippen LogP contribution < -0.4 is 0 Å². The second-order valence-electron chi connectivity index (χ2n) is 5.99. The second kappa shape index (κ2) is 5.59. The molecule has 0 aliphatic carbocycles. The lowest BCUT2D eigenvalue weighted by atomic mass is 10.2. The molecule has 0 radical (unpaired) electrons. The fourth-order valence-corrected chi connectivity index (χ4v) is 4.86. The number of fused-ring (bicyclic) bond motifs is 1. The third kappa shape index (κ3) is 2.95. The highest BCUT2D eigenvalue weighted by molar-refractivity contribution is 7.91. The maximum atomic E-state index is 12.8. The van der Waals surface area contributed by atoms with Crippen molar-refractivity contribution in [1.29, 1.82) is 0 Å². The van der Waals surface area contributed by atoms with E-state index < -0.39 is 9.84 Å². The minimum absolute atomic E-state index is 0.0380. The van der Waals surface area contributed by atoms with Crippen molar-refractivity contribution in [2.75, 3.05) is 18.1 Å². The first-order chi connectivity index (χ1) is 10.8. The first-order valence-electron chi connectivity index (χ1n) is 7.66. The van der Waals surface area contributed by atoms with E-state index in [1.807, 2.05) is 26.8 Å². The van der Waals surface area contributed by atoms with Gasteiger partial charge in [0.25, 0.3) is 5.91 Å². The van der Waals surface area contributed by atoms with E-state index in [-0.39, 0.29) is 23.5 Å². The molecule has 1 saturated heterocycles. The van der Waals surface area contributed by atoms with Crippen LogP contribution in [0, 0.1) is 13.8 Å². The van der Waals surface area contributed by atoms with Crippen LogP contribution >= 0.6 is 0 Å². The molecule has 0 bridgehead atoms. The normalized spacial score (nSPS) is 20.0. The molecule has 2 aromatic heterocycles. The second-order valence-corrected chi connectivity index (χ2v) is 8.22. The Morgan fingerprint density at radius 3 is 2.74 bits per heavy atom. The molecular formula is C15H20N4O3S. The quantitative estimate of drug-likeness (QED) is 0.835. The van der Waals surface area contributed by atoms with Crippen LogP contribution in [-0.4, -0.2) is 57.9 Å². The van der Waals surface area contributed by atoms with E-state index in [1.54, 1.807) is 15.5 Å². The molecule has 1 atom stereocenters. The lowest BCUT2D eigenvalue weighted by molar-refractivity contribution is 0.0702. The number of nitrogens with zero attached hydrogens (tertiary/aromatic N) is 4. The summed E-state index contributed by atoms with van der Waals surface area (Å²) in [6.45, 7) is 6.11. The number of rotatable bonds is 3. The molecule has 2 aromatic rings. The Bertz CT molecular complexity index is 872. The monoisotopic (exact) mass is 336 g/mol. The van der Waals surface area contributed by atoms with Gasteiger partial charge in [-0.25, -0.2) is 17.9 Å². The smallest absolute Gasteiger partial charge is 0.274 e. The molecule has 0 N–H and O–H groups in total. The number of aromatic nitrogens is 3. The van der Waals surface area contributed by atoms with E-state index in [0.29, 0.717) is 24.3 Å². The van der Waals surface area contributed by atoms with E-state index >= 15 is 0 Å². The van der Waals surface area contributed by atoms with Crippen molar-refractivity contribution in [3.05, 3.63) is 29.2 Å². The highest BCUT2D eigenvalue weighted by Crippen LogP contribution is 2.20. The Kier molecular flexibility index (Phi) is 3.87. The van der Waals surface area contributed by atoms with Gasteiger partial charge >= 0.3 is 0 Å². The first-order valence-corrected chi connectivity index (χ1v) is 9.48. The molecule has 124 valence electrons. The van der Waals surface area contributed by atoms with Crippen molar-refractivity contribution in [2.24, 2.45) is 0 Å². The summed E-state index contributed by atoms with van der Waals surface area (Å²) in [6, 6.07) is 3.29. The number of amides is 1. The number of aryl methyl sites for hydroxylation is 2. The molecule has 23 heavy (non-hydrogen) atoms. The fourth-order valence-electron chi connectivity index (χ4n) is 3.13. The zero-order valence-corrected chi connectivity index (χ0v) is 14.3. The Morgan fingerprint density at radius 2 is 2.13 bits per heavy atom. The molecule has 1 aliphatic heterocycles. The molecule has 1 fully saturated rings. The predicted octanol–water partition coefficient (Wildman–Crippen LogP) is 0.995. The topological polar surface area (TPSA) is 84.6 Å². The largest absolute Gasteiger partial charge is 0.333 e. The van der Waals surface area contributed by atoms with Gasteiger partial charge in [-0.1, -0.05) is 0 Å². The lowest BCUT2D eigenvalue weighted by Crippen LogP contribution is -2.41. The fraction of sp³-hybridized carbons (Fsp3) is 0.533. The summed E-state index contributed by atoms with van der Waals surface area (Å²) in [5.74, 6) is -0.0554. The van der Waals surface area contributed by atoms with Crippen molar-refractivity contribution in [1.82, 2.24) is 19.5 Å². The molecule has 0 aromatic carbocycles. The Morgan fingerprint density at radius 1 is 1.39 bits per heavy atom. The standard InChI is InChI=1S/C15H20N4O3S/c1-4-18(12-5-6-23(21,22)9-12)15(20)13-8-14-16-10(2)7-11(3)19(14)17-13/h7-8,12H,4-6,9H2,1-3H3. The summed E-state index contributed by atoms with van der Waals surface area (Å²) in [5.41, 5.74) is 2.69. The maximum Gasteiger partial charge on any atom is 0.274 e. The highest BCUT2D eigenvalue weighted by Gasteiger charge is 2.35. The van der Waals surface area contributed by atoms with Gasteiger partial charge in [-0.3, -0.25) is 4.79 Å². The van der Waals surface area contributed by atoms with Crippen LogP contribution in [0.2, 0.25) is 0 Å². The molecule has 0 saturated carbocycles. The SMILES string of the molecule is CCN(C(=O)c1cc2nc(C)cc(C)n2n1)C1CCS(=O)(=O)C1. The number of hydrogen-bond acceptors (Lipinski definition) is 5. The highest BCUT2D eigenvalue weighted by atomic mass is 32.2. The van der Waals surface area contributed by atoms with Crippen molar-refractivity contribution < 1.29 is 13.2 Å². The summed E-state index contributed by atoms with van der Waals surface area (Å²) < 4.78 is 25.0. The summed E-state index contributed by atoms with van der Waals surface area (Å²) in [5, 5.41) is 4.34. The minimum atomic E-state index is -3.04. The average Bonchev–Trinajstić information content (AvgIpc) is 3.03. The minimum Gasteiger partial charge on any atom is -0.333 e. The third-order valence-electron chi connectivity index (χ3n) is 4.20. The summed E-state index contributed by atoms with van der Waals surface area (Å²) in [6.07, 6.45) is 0.492. The third-order valence-corrected chi connectivity index (χ3v) is 5.95. The van der Waals surface area contributed by atoms with Crippen LogP contribution in [-0.2, 0) is 9.84 Å². The van der Waals surface area contributed by atoms with Gasteiger partial charge in [0, 0.05) is 30.0 Å². The van der Waals surface area contributed by atoms with E-state index in [1.165, 1.54) is 0 Å². The van der Waals surface area contributed by atoms with Gasteiger partial charge in [0.1, 0.15) is 0 Å². The number of hydrogen-bond donors (Lipinski definition) is 0. The van der Waals surface area contributed by atoms with Gasteiger partial charge in [0.15, 0.2) is 21.2 Å². The van der Waals surface area contributed by atoms with Crippen molar-refractivity contribution in [3.8, 4) is 0 Å². The Hall–Kier alpha value is -1.96. The zero-order chi connectivity index (χ0) is 16.8.